The lowest BCUT2D eigenvalue weighted by molar-refractivity contribution is -0.143. The Labute approximate surface area is 617 Å². The van der Waals surface area contributed by atoms with Gasteiger partial charge in [0.1, 0.15) is 28.4 Å². The van der Waals surface area contributed by atoms with Gasteiger partial charge in [-0.15, -0.1) is 9.78 Å². The van der Waals surface area contributed by atoms with E-state index in [0.29, 0.717) is 84.3 Å². The van der Waals surface area contributed by atoms with Crippen LogP contribution in [0, 0.1) is 19.3 Å². The monoisotopic (exact) mass is 1540 g/mol. The van der Waals surface area contributed by atoms with Crippen LogP contribution >= 0.6 is 0 Å². The second kappa shape index (κ2) is 34.5. The van der Waals surface area contributed by atoms with Gasteiger partial charge in [0.05, 0.1) is 85.4 Å². The fourth-order valence-electron chi connectivity index (χ4n) is 11.0. The molecule has 2 aliphatic heterocycles. The standard InChI is InChI=1S/C23H32N2O4.C18H18N2O5S.C16H17N3O5S.C15H18N4O7S/c1-7-16-13-15(3)14-17(8-2)18(16)19-20(26)24-9-11-28-12-10-25(24)21(19)29-22(27)23(4,5)6;1-25-16-5-3-2-4-15(16)18(22)20-26(23,24)14-10-6-12(7-11-14)17(21)19-13-8-9-13;1-9-10(15(20)11-8-17-19(2)16(11)21)4-5-13(25(3,22)23)14(9)12-6-7-24-18-12;1-4-9-26-14-16-19(15(22)18(14)2)13(21)17-27(23,24)11-8-6-5-7-10(11)12(20)25-3/h13-14H,7-12H2,1-6H3;2-7,10-11,13H,8-9H2,1H3,(H,19,21)(H,20,22);4-5,8,21H,6-7H2,1-3H3;5-8H,4,9H2,1-3H3,(H,17,21). The van der Waals surface area contributed by atoms with Gasteiger partial charge in [0, 0.05) is 49.5 Å². The molecule has 4 N–H and O–H groups in total. The highest BCUT2D eigenvalue weighted by atomic mass is 32.2. The summed E-state index contributed by atoms with van der Waals surface area (Å²) >= 11 is 0. The minimum atomic E-state index is -4.48. The number of ketones is 1. The Balaban J connectivity index is 0.000000180. The zero-order chi connectivity index (χ0) is 78.6. The van der Waals surface area contributed by atoms with Gasteiger partial charge in [-0.25, -0.2) is 67.7 Å². The molecule has 0 radical (unpaired) electrons. The largest absolute Gasteiger partial charge is 0.496 e. The summed E-state index contributed by atoms with van der Waals surface area (Å²) in [7, 11) is -6.74. The average Bonchev–Trinajstić information content (AvgIpc) is 1.62. The van der Waals surface area contributed by atoms with Crippen LogP contribution in [0.15, 0.2) is 133 Å². The van der Waals surface area contributed by atoms with E-state index >= 15 is 0 Å². The third kappa shape index (κ3) is 19.2. The molecule has 1 saturated carbocycles. The number of para-hydroxylation sites is 1. The van der Waals surface area contributed by atoms with Crippen LogP contribution in [0.5, 0.6) is 23.5 Å². The number of sulfone groups is 1. The van der Waals surface area contributed by atoms with Crippen LogP contribution in [0.3, 0.4) is 0 Å². The maximum atomic E-state index is 13.5. The summed E-state index contributed by atoms with van der Waals surface area (Å²) in [5, 5.41) is 24.2. The van der Waals surface area contributed by atoms with E-state index in [1.165, 1.54) is 98.3 Å². The van der Waals surface area contributed by atoms with E-state index in [4.69, 9.17) is 23.8 Å². The average molecular weight is 1540 g/mol. The lowest BCUT2D eigenvalue weighted by atomic mass is 9.91. The first-order valence-corrected chi connectivity index (χ1v) is 38.6. The zero-order valence-corrected chi connectivity index (χ0v) is 63.7. The molecule has 3 aliphatic rings. The van der Waals surface area contributed by atoms with Crippen molar-refractivity contribution in [1.29, 1.82) is 0 Å². The second-order valence-electron chi connectivity index (χ2n) is 25.7. The Morgan fingerprint density at radius 3 is 1.90 bits per heavy atom. The molecule has 0 bridgehead atoms. The maximum Gasteiger partial charge on any atom is 0.360 e. The number of sulfonamides is 2. The number of hydrogen-bond donors (Lipinski definition) is 4. The van der Waals surface area contributed by atoms with Crippen LogP contribution in [0.25, 0.3) is 11.1 Å². The normalized spacial score (nSPS) is 13.4. The van der Waals surface area contributed by atoms with Crippen molar-refractivity contribution in [3.63, 3.8) is 0 Å². The number of oxime groups is 1. The molecule has 107 heavy (non-hydrogen) atoms. The fourth-order valence-corrected chi connectivity index (χ4v) is 14.1. The number of hydrogen-bond acceptors (Lipinski definition) is 24. The highest BCUT2D eigenvalue weighted by Gasteiger charge is 2.34. The lowest BCUT2D eigenvalue weighted by Crippen LogP contribution is -2.40. The van der Waals surface area contributed by atoms with E-state index in [2.05, 4.69) is 58.3 Å². The third-order valence-corrected chi connectivity index (χ3v) is 20.6. The molecule has 35 heteroatoms. The summed E-state index contributed by atoms with van der Waals surface area (Å²) in [4.78, 5) is 104. The number of aryl methyl sites for hydroxylation is 4. The van der Waals surface area contributed by atoms with Gasteiger partial charge in [-0.3, -0.25) is 24.0 Å². The van der Waals surface area contributed by atoms with Gasteiger partial charge in [0.15, 0.2) is 15.6 Å². The quantitative estimate of drug-likeness (QED) is 0.0453. The predicted octanol–water partition coefficient (Wildman–Crippen LogP) is 6.73. The van der Waals surface area contributed by atoms with Crippen LogP contribution < -0.4 is 40.2 Å². The minimum Gasteiger partial charge on any atom is -0.496 e. The van der Waals surface area contributed by atoms with Gasteiger partial charge in [0.2, 0.25) is 11.8 Å². The smallest absolute Gasteiger partial charge is 0.360 e. The lowest BCUT2D eigenvalue weighted by Gasteiger charge is -2.19. The van der Waals surface area contributed by atoms with Crippen molar-refractivity contribution >= 4 is 71.2 Å². The van der Waals surface area contributed by atoms with Crippen LogP contribution in [-0.2, 0) is 89.0 Å². The Morgan fingerprint density at radius 1 is 0.710 bits per heavy atom. The predicted molar refractivity (Wildman–Crippen MR) is 390 cm³/mol. The Hall–Kier alpha value is -11.0. The number of fused-ring (bicyclic) bond motifs is 1. The fraction of sp³-hybridized carbons (Fsp3) is 0.375. The third-order valence-electron chi connectivity index (χ3n) is 16.7. The first-order chi connectivity index (χ1) is 50.5. The van der Waals surface area contributed by atoms with Crippen LogP contribution in [0.2, 0.25) is 0 Å². The molecule has 0 unspecified atom stereocenters. The number of aromatic hydroxyl groups is 1. The number of benzene rings is 5. The molecule has 3 aromatic heterocycles. The Morgan fingerprint density at radius 2 is 1.34 bits per heavy atom. The highest BCUT2D eigenvalue weighted by molar-refractivity contribution is 7.91. The summed E-state index contributed by atoms with van der Waals surface area (Å²) in [5.74, 6) is -2.36. The molecule has 1 aliphatic carbocycles. The Bertz CT molecular complexity index is 5210. The number of carbonyl (C=O) groups excluding carboxylic acids is 6. The molecule has 0 spiro atoms. The van der Waals surface area contributed by atoms with Gasteiger partial charge >= 0.3 is 29.7 Å². The van der Waals surface area contributed by atoms with Crippen molar-refractivity contribution < 1.29 is 87.6 Å². The number of nitrogens with zero attached hydrogens (tertiary/aromatic N) is 8. The molecule has 1 fully saturated rings. The van der Waals surface area contributed by atoms with Gasteiger partial charge in [-0.05, 0) is 150 Å². The van der Waals surface area contributed by atoms with Gasteiger partial charge in [-0.1, -0.05) is 67.9 Å². The summed E-state index contributed by atoms with van der Waals surface area (Å²) in [5.41, 5.74) is 4.98. The first kappa shape index (κ1) is 81.6. The van der Waals surface area contributed by atoms with Crippen molar-refractivity contribution in [1.82, 2.24) is 48.3 Å². The number of ether oxygens (including phenoxy) is 5. The number of amides is 3. The molecular formula is C72H85N11O21S3. The van der Waals surface area contributed by atoms with E-state index in [-0.39, 0.29) is 79.8 Å². The molecule has 8 aromatic rings. The summed E-state index contributed by atoms with van der Waals surface area (Å²) in [6.45, 7) is 17.7. The number of methoxy groups -OCH3 is 2. The summed E-state index contributed by atoms with van der Waals surface area (Å²) in [6.07, 6.45) is 7.01. The number of esters is 2. The Kier molecular flexibility index (Phi) is 26.3. The van der Waals surface area contributed by atoms with Crippen LogP contribution in [0.1, 0.15) is 142 Å². The zero-order valence-electron chi connectivity index (χ0n) is 61.3. The minimum absolute atomic E-state index is 0.0493. The van der Waals surface area contributed by atoms with E-state index in [1.807, 2.05) is 32.4 Å². The summed E-state index contributed by atoms with van der Waals surface area (Å²) < 4.78 is 110. The van der Waals surface area contributed by atoms with Crippen LogP contribution in [-0.4, -0.2) is 158 Å². The number of rotatable bonds is 20. The van der Waals surface area contributed by atoms with Crippen molar-refractivity contribution in [3.05, 3.63) is 180 Å². The highest BCUT2D eigenvalue weighted by Crippen LogP contribution is 2.37. The van der Waals surface area contributed by atoms with Crippen molar-refractivity contribution in [3.8, 4) is 34.6 Å². The molecule has 0 saturated heterocycles. The van der Waals surface area contributed by atoms with E-state index < -0.39 is 69.6 Å². The molecule has 0 atom stereocenters. The number of aromatic nitrogens is 7. The SMILES string of the molecule is CCCOc1nn(C(=O)NS(=O)(=O)c2ccccc2C(=O)OC)c(=O)n1C.CCc1cc(C)cc(CC)c1-c1c(OC(=O)C(C)(C)C)n2n(c1=O)CCOCC2.COc1ccccc1C(=O)NS(=O)(=O)c1ccc(C(=O)NC2CC2)cc1.Cc1c(C(=O)c2cnn(C)c2O)ccc(S(C)(=O)=O)c1C1=NOCC1. The van der Waals surface area contributed by atoms with Crippen molar-refractivity contribution in [2.24, 2.45) is 24.7 Å². The maximum absolute atomic E-state index is 13.5. The molecule has 5 aromatic carbocycles. The van der Waals surface area contributed by atoms with E-state index in [9.17, 15) is 68.7 Å². The number of carbonyl (C=O) groups is 6. The number of nitrogens with one attached hydrogen (secondary N) is 3. The summed E-state index contributed by atoms with van der Waals surface area (Å²) in [6, 6.07) is 22.7. The molecular weight excluding hydrogens is 1450 g/mol. The molecule has 3 amide bonds. The van der Waals surface area contributed by atoms with Crippen molar-refractivity contribution in [2.75, 3.05) is 46.9 Å². The first-order valence-electron chi connectivity index (χ1n) is 33.7. The molecule has 572 valence electrons. The van der Waals surface area contributed by atoms with E-state index in [0.717, 1.165) is 66.4 Å². The van der Waals surface area contributed by atoms with Crippen LogP contribution in [0.4, 0.5) is 4.79 Å². The molecule has 32 nitrogen and oxygen atoms in total. The van der Waals surface area contributed by atoms with Gasteiger partial charge in [-0.2, -0.15) is 5.10 Å². The van der Waals surface area contributed by atoms with Crippen molar-refractivity contribution in [2.45, 2.75) is 128 Å². The molecule has 11 rings (SSSR count). The van der Waals surface area contributed by atoms with Gasteiger partial charge < -0.3 is 38.9 Å². The molecule has 5 heterocycles. The second-order valence-corrected chi connectivity index (χ2v) is 31.0. The topological polar surface area (TPSA) is 413 Å². The van der Waals surface area contributed by atoms with Gasteiger partial charge in [0.25, 0.3) is 37.4 Å². The van der Waals surface area contributed by atoms with E-state index in [1.54, 1.807) is 39.2 Å².